The fourth-order valence-electron chi connectivity index (χ4n) is 9.92. The maximum absolute atomic E-state index is 15.0. The van der Waals surface area contributed by atoms with E-state index in [4.69, 9.17) is 18.9 Å². The average Bonchev–Trinajstić information content (AvgIpc) is 3.37. The number of methoxy groups -OCH3 is 1. The molecule has 8 atom stereocenters. The third-order valence-electron chi connectivity index (χ3n) is 11.8. The summed E-state index contributed by atoms with van der Waals surface area (Å²) in [5.41, 5.74) is -9.63. The molecule has 2 heterocycles. The van der Waals surface area contributed by atoms with Gasteiger partial charge in [0.05, 0.1) is 78.0 Å². The number of hydrogen-bond acceptors (Lipinski definition) is 15. The molecule has 5 aliphatic rings. The second kappa shape index (κ2) is 12.2. The highest BCUT2D eigenvalue weighted by atomic mass is 16.6. The predicted octanol–water partition coefficient (Wildman–Crippen LogP) is 2.59. The van der Waals surface area contributed by atoms with Gasteiger partial charge in [-0.05, 0) is 45.2 Å². The van der Waals surface area contributed by atoms with E-state index in [1.165, 1.54) is 20.1 Å². The molecule has 1 fully saturated rings. The Balaban J connectivity index is 1.51. The lowest BCUT2D eigenvalue weighted by atomic mass is 9.52. The zero-order valence-electron chi connectivity index (χ0n) is 29.9. The van der Waals surface area contributed by atoms with E-state index in [1.54, 1.807) is 6.92 Å². The van der Waals surface area contributed by atoms with Crippen LogP contribution in [0.2, 0.25) is 0 Å². The number of ketones is 4. The van der Waals surface area contributed by atoms with Crippen molar-refractivity contribution in [2.24, 2.45) is 5.41 Å². The van der Waals surface area contributed by atoms with Crippen molar-refractivity contribution in [3.63, 3.8) is 0 Å². The van der Waals surface area contributed by atoms with Gasteiger partial charge in [0, 0.05) is 36.5 Å². The molecule has 2 aliphatic heterocycles. The number of aliphatic carboxylic acids is 1. The number of hydrogen-bond donors (Lipinski definition) is 5. The highest BCUT2D eigenvalue weighted by molar-refractivity contribution is 6.25. The van der Waals surface area contributed by atoms with Gasteiger partial charge in [-0.2, -0.15) is 0 Å². The number of carbonyl (C=O) groups excluding carboxylic acids is 6. The van der Waals surface area contributed by atoms with E-state index in [1.807, 2.05) is 0 Å². The molecule has 0 spiro atoms. The van der Waals surface area contributed by atoms with Crippen molar-refractivity contribution in [2.75, 3.05) is 7.11 Å². The van der Waals surface area contributed by atoms with Gasteiger partial charge in [0.2, 0.25) is 5.78 Å². The normalized spacial score (nSPS) is 31.7. The van der Waals surface area contributed by atoms with Gasteiger partial charge < -0.3 is 44.5 Å². The first-order valence-electron chi connectivity index (χ1n) is 17.4. The summed E-state index contributed by atoms with van der Waals surface area (Å²) in [7, 11) is 1.21. The zero-order valence-corrected chi connectivity index (χ0v) is 29.9. The van der Waals surface area contributed by atoms with Crippen LogP contribution >= 0.6 is 0 Å². The molecule has 286 valence electrons. The lowest BCUT2D eigenvalue weighted by Crippen LogP contribution is -2.71. The van der Waals surface area contributed by atoms with Crippen molar-refractivity contribution in [1.82, 2.24) is 0 Å². The maximum atomic E-state index is 15.0. The number of esters is 2. The number of carboxylic acids is 1. The molecule has 0 aromatic heterocycles. The fourth-order valence-corrected chi connectivity index (χ4v) is 9.92. The molecule has 7 rings (SSSR count). The van der Waals surface area contributed by atoms with Crippen LogP contribution in [-0.2, 0) is 50.1 Å². The van der Waals surface area contributed by atoms with Gasteiger partial charge in [-0.15, -0.1) is 0 Å². The van der Waals surface area contributed by atoms with Crippen molar-refractivity contribution in [3.05, 3.63) is 50.6 Å². The first kappa shape index (κ1) is 37.1. The Morgan fingerprint density at radius 2 is 1.52 bits per heavy atom. The van der Waals surface area contributed by atoms with E-state index in [0.29, 0.717) is 5.56 Å². The van der Waals surface area contributed by atoms with Gasteiger partial charge in [-0.25, -0.2) is 0 Å². The minimum Gasteiger partial charge on any atom is -0.507 e. The van der Waals surface area contributed by atoms with E-state index in [0.717, 1.165) is 13.8 Å². The highest BCUT2D eigenvalue weighted by Crippen LogP contribution is 2.66. The number of carbonyl (C=O) groups is 7. The van der Waals surface area contributed by atoms with Gasteiger partial charge >= 0.3 is 17.9 Å². The van der Waals surface area contributed by atoms with E-state index in [-0.39, 0.29) is 35.1 Å². The Bertz CT molecular complexity index is 2130. The number of benzene rings is 2. The number of aromatic hydroxyl groups is 3. The van der Waals surface area contributed by atoms with Crippen LogP contribution in [0.4, 0.5) is 0 Å². The smallest absolute Gasteiger partial charge is 0.308 e. The minimum absolute atomic E-state index is 0.0363. The van der Waals surface area contributed by atoms with Crippen LogP contribution in [0.15, 0.2) is 6.07 Å². The van der Waals surface area contributed by atoms with Crippen LogP contribution in [0.25, 0.3) is 0 Å². The molecule has 16 heteroatoms. The summed E-state index contributed by atoms with van der Waals surface area (Å²) >= 11 is 0. The second-order valence-electron chi connectivity index (χ2n) is 15.0. The van der Waals surface area contributed by atoms with E-state index < -0.39 is 148 Å². The molecule has 2 aromatic carbocycles. The number of aliphatic hydroxyl groups is 1. The predicted molar refractivity (Wildman–Crippen MR) is 178 cm³/mol. The number of ether oxygens (including phenoxy) is 4. The molecule has 2 bridgehead atoms. The number of phenolic OH excluding ortho intramolecular Hbond substituents is 3. The summed E-state index contributed by atoms with van der Waals surface area (Å²) < 4.78 is 22.5. The molecule has 5 N–H and O–H groups in total. The quantitative estimate of drug-likeness (QED) is 0.201. The summed E-state index contributed by atoms with van der Waals surface area (Å²) in [5, 5.41) is 58.0. The van der Waals surface area contributed by atoms with Crippen LogP contribution in [0.1, 0.15) is 131 Å². The molecule has 16 nitrogen and oxygen atoms in total. The molecule has 2 aromatic rings. The fraction of sp³-hybridized carbons (Fsp3) is 0.500. The lowest BCUT2D eigenvalue weighted by molar-refractivity contribution is -0.204. The molecule has 1 saturated heterocycles. The molecule has 0 unspecified atom stereocenters. The SMILES string of the molecule is COC(=O)C[C@H]1Cc2cc3c(c(O)c2[C@H](C)O1)C(=O)[C@@H]1C[C@@]3(OC(C)=O)c2c(O)c3c(c(O)c21)C(=O)[C@]1(O)[C@H](C)O[C@@H](CC(=O)O)C[C@]1(CC(C)=O)C3=O. The van der Waals surface area contributed by atoms with Crippen LogP contribution < -0.4 is 0 Å². The maximum Gasteiger partial charge on any atom is 0.308 e. The van der Waals surface area contributed by atoms with E-state index in [9.17, 15) is 59.1 Å². The Morgan fingerprint density at radius 3 is 2.13 bits per heavy atom. The zero-order chi connectivity index (χ0) is 39.6. The van der Waals surface area contributed by atoms with Crippen molar-refractivity contribution in [1.29, 1.82) is 0 Å². The third kappa shape index (κ3) is 4.75. The van der Waals surface area contributed by atoms with Crippen molar-refractivity contribution in [2.45, 2.75) is 108 Å². The number of phenols is 3. The first-order chi connectivity index (χ1) is 25.2. The van der Waals surface area contributed by atoms with Crippen LogP contribution in [0.3, 0.4) is 0 Å². The summed E-state index contributed by atoms with van der Waals surface area (Å²) in [6.45, 7) is 4.97. The topological polar surface area (TPSA) is 258 Å². The van der Waals surface area contributed by atoms with Crippen LogP contribution in [0, 0.1) is 5.41 Å². The first-order valence-corrected chi connectivity index (χ1v) is 17.4. The summed E-state index contributed by atoms with van der Waals surface area (Å²) in [6, 6.07) is 1.48. The monoisotopic (exact) mass is 750 g/mol. The van der Waals surface area contributed by atoms with Crippen LogP contribution in [0.5, 0.6) is 17.2 Å². The Morgan fingerprint density at radius 1 is 0.870 bits per heavy atom. The third-order valence-corrected chi connectivity index (χ3v) is 11.8. The molecular formula is C38H38O16. The largest absolute Gasteiger partial charge is 0.507 e. The number of fused-ring (bicyclic) bond motifs is 10. The number of rotatable bonds is 7. The molecule has 0 saturated carbocycles. The number of Topliss-reactive ketones (excluding diaryl/α,β-unsaturated/α-hetero) is 4. The van der Waals surface area contributed by atoms with E-state index >= 15 is 0 Å². The summed E-state index contributed by atoms with van der Waals surface area (Å²) in [4.78, 5) is 93.7. The summed E-state index contributed by atoms with van der Waals surface area (Å²) in [6.07, 6.45) is -7.04. The van der Waals surface area contributed by atoms with E-state index in [2.05, 4.69) is 0 Å². The molecule has 54 heavy (non-hydrogen) atoms. The van der Waals surface area contributed by atoms with Gasteiger partial charge in [0.15, 0.2) is 22.8 Å². The van der Waals surface area contributed by atoms with Gasteiger partial charge in [0.1, 0.15) is 23.0 Å². The standard InChI is InChI=1S/C38H38O16/c1-13(39)10-36-11-19(8-22(41)42)53-15(3)38(36,50)35(49)27-28(34(36)48)33(47)29-25(32(27)46)20-12-37(29,54-16(4)40)21-7-17-6-18(9-23(43)51-5)52-14(2)24(17)31(45)26(21)30(20)44/h7,14-15,18-20,45-47,50H,6,8-12H2,1-5H3,(H,41,42)/t14-,15-,18+,19-,20+,36+,37-,38+/m0/s1. The Hall–Kier alpha value is -5.19. The van der Waals surface area contributed by atoms with Crippen molar-refractivity contribution in [3.8, 4) is 17.2 Å². The van der Waals surface area contributed by atoms with Gasteiger partial charge in [0.25, 0.3) is 0 Å². The van der Waals surface area contributed by atoms with Gasteiger partial charge in [-0.1, -0.05) is 0 Å². The Kier molecular flexibility index (Phi) is 8.36. The van der Waals surface area contributed by atoms with Crippen molar-refractivity contribution >= 4 is 41.0 Å². The van der Waals surface area contributed by atoms with Crippen LogP contribution in [-0.4, -0.2) is 97.6 Å². The van der Waals surface area contributed by atoms with Gasteiger partial charge in [-0.3, -0.25) is 33.6 Å². The highest BCUT2D eigenvalue weighted by Gasteiger charge is 2.72. The second-order valence-corrected chi connectivity index (χ2v) is 15.0. The molecular weight excluding hydrogens is 712 g/mol. The lowest BCUT2D eigenvalue weighted by Gasteiger charge is -2.55. The molecule has 3 aliphatic carbocycles. The summed E-state index contributed by atoms with van der Waals surface area (Å²) in [5.74, 6) is -10.7. The minimum atomic E-state index is -2.85. The van der Waals surface area contributed by atoms with Crippen molar-refractivity contribution < 1.29 is 78.0 Å². The number of carboxylic acid groups (broad SMARTS) is 1. The molecule has 0 radical (unpaired) electrons. The Labute approximate surface area is 307 Å². The average molecular weight is 751 g/mol. The molecule has 0 amide bonds.